The Morgan fingerprint density at radius 3 is 2.45 bits per heavy atom. The van der Waals surface area contributed by atoms with Crippen molar-refractivity contribution < 1.29 is 19.1 Å². The zero-order chi connectivity index (χ0) is 22.4. The van der Waals surface area contributed by atoms with Crippen LogP contribution >= 0.6 is 0 Å². The zero-order valence-corrected chi connectivity index (χ0v) is 18.8. The maximum atomic E-state index is 13.1. The lowest BCUT2D eigenvalue weighted by atomic mass is 9.87. The third-order valence-corrected chi connectivity index (χ3v) is 5.83. The smallest absolute Gasteiger partial charge is 0.253 e. The Morgan fingerprint density at radius 2 is 1.81 bits per heavy atom. The second-order valence-corrected chi connectivity index (χ2v) is 8.37. The number of nitrogens with one attached hydrogen (secondary N) is 1. The molecule has 0 saturated carbocycles. The Labute approximate surface area is 184 Å². The molecule has 0 spiro atoms. The van der Waals surface area contributed by atoms with Gasteiger partial charge >= 0.3 is 0 Å². The number of methoxy groups -OCH3 is 2. The summed E-state index contributed by atoms with van der Waals surface area (Å²) in [5.41, 5.74) is 1.54. The molecule has 1 aliphatic rings. The number of hydrogen-bond donors (Lipinski definition) is 1. The van der Waals surface area contributed by atoms with Crippen molar-refractivity contribution in [2.24, 2.45) is 11.8 Å². The van der Waals surface area contributed by atoms with Crippen LogP contribution in [-0.2, 0) is 4.79 Å². The van der Waals surface area contributed by atoms with Crippen molar-refractivity contribution in [1.82, 2.24) is 10.2 Å². The molecular weight excluding hydrogens is 392 g/mol. The van der Waals surface area contributed by atoms with Crippen molar-refractivity contribution in [3.05, 3.63) is 59.7 Å². The summed E-state index contributed by atoms with van der Waals surface area (Å²) in [6.07, 6.45) is 0.918. The van der Waals surface area contributed by atoms with E-state index in [2.05, 4.69) is 19.2 Å². The summed E-state index contributed by atoms with van der Waals surface area (Å²) in [5.74, 6) is 1.28. The molecule has 2 aromatic carbocycles. The van der Waals surface area contributed by atoms with Crippen LogP contribution < -0.4 is 14.8 Å². The van der Waals surface area contributed by atoms with Gasteiger partial charge in [0.1, 0.15) is 11.5 Å². The minimum absolute atomic E-state index is 0.0214. The molecule has 6 nitrogen and oxygen atoms in total. The fourth-order valence-corrected chi connectivity index (χ4v) is 4.05. The molecule has 6 heteroatoms. The molecule has 2 aromatic rings. The van der Waals surface area contributed by atoms with Crippen LogP contribution in [0.15, 0.2) is 48.5 Å². The normalized spacial score (nSPS) is 18.2. The van der Waals surface area contributed by atoms with Crippen LogP contribution in [0, 0.1) is 11.8 Å². The van der Waals surface area contributed by atoms with E-state index in [4.69, 9.17) is 9.47 Å². The Bertz CT molecular complexity index is 898. The molecule has 2 amide bonds. The van der Waals surface area contributed by atoms with Crippen LogP contribution in [0.4, 0.5) is 0 Å². The highest BCUT2D eigenvalue weighted by atomic mass is 16.5. The second-order valence-electron chi connectivity index (χ2n) is 8.37. The first-order chi connectivity index (χ1) is 14.9. The number of carbonyl (C=O) groups is 2. The van der Waals surface area contributed by atoms with Gasteiger partial charge in [-0.2, -0.15) is 0 Å². The van der Waals surface area contributed by atoms with E-state index in [1.807, 2.05) is 36.4 Å². The van der Waals surface area contributed by atoms with Gasteiger partial charge in [-0.05, 0) is 30.5 Å². The Balaban J connectivity index is 1.88. The van der Waals surface area contributed by atoms with E-state index in [0.717, 1.165) is 12.0 Å². The standard InChI is InChI=1S/C25H32N2O4/c1-17(2)12-13-26-24(28)22-16-27(25(29)18-8-6-5-7-9-18)15-21(22)20-11-10-19(30-3)14-23(20)31-4/h5-11,14,17,21-22H,12-13,15-16H2,1-4H3,(H,26,28)/t21-,22-/m0/s1. The van der Waals surface area contributed by atoms with Crippen molar-refractivity contribution >= 4 is 11.8 Å². The molecule has 0 radical (unpaired) electrons. The summed E-state index contributed by atoms with van der Waals surface area (Å²) >= 11 is 0. The molecule has 2 atom stereocenters. The molecule has 1 aliphatic heterocycles. The quantitative estimate of drug-likeness (QED) is 0.701. The van der Waals surface area contributed by atoms with Gasteiger partial charge in [-0.15, -0.1) is 0 Å². The first kappa shape index (κ1) is 22.7. The molecule has 1 saturated heterocycles. The van der Waals surface area contributed by atoms with Crippen molar-refractivity contribution in [3.63, 3.8) is 0 Å². The van der Waals surface area contributed by atoms with E-state index in [-0.39, 0.29) is 23.7 Å². The summed E-state index contributed by atoms with van der Waals surface area (Å²) in [7, 11) is 3.22. The number of carbonyl (C=O) groups excluding carboxylic acids is 2. The lowest BCUT2D eigenvalue weighted by molar-refractivity contribution is -0.124. The number of benzene rings is 2. The minimum atomic E-state index is -0.345. The summed E-state index contributed by atoms with van der Waals surface area (Å²) < 4.78 is 10.9. The number of rotatable bonds is 8. The van der Waals surface area contributed by atoms with Crippen LogP contribution in [0.5, 0.6) is 11.5 Å². The average molecular weight is 425 g/mol. The zero-order valence-electron chi connectivity index (χ0n) is 18.8. The van der Waals surface area contributed by atoms with Gasteiger partial charge in [0.05, 0.1) is 20.1 Å². The molecule has 0 bridgehead atoms. The summed E-state index contributed by atoms with van der Waals surface area (Å²) in [5, 5.41) is 3.07. The van der Waals surface area contributed by atoms with E-state index >= 15 is 0 Å². The van der Waals surface area contributed by atoms with Crippen LogP contribution in [0.25, 0.3) is 0 Å². The predicted molar refractivity (Wildman–Crippen MR) is 121 cm³/mol. The second kappa shape index (κ2) is 10.3. The number of hydrogen-bond acceptors (Lipinski definition) is 4. The van der Waals surface area contributed by atoms with Gasteiger partial charge in [0.15, 0.2) is 0 Å². The van der Waals surface area contributed by atoms with Gasteiger partial charge in [-0.1, -0.05) is 38.1 Å². The highest BCUT2D eigenvalue weighted by molar-refractivity contribution is 5.95. The van der Waals surface area contributed by atoms with Crippen LogP contribution in [0.1, 0.15) is 42.1 Å². The Morgan fingerprint density at radius 1 is 1.06 bits per heavy atom. The predicted octanol–water partition coefficient (Wildman–Crippen LogP) is 3.72. The lowest BCUT2D eigenvalue weighted by Gasteiger charge is -2.21. The van der Waals surface area contributed by atoms with Gasteiger partial charge in [0.2, 0.25) is 5.91 Å². The van der Waals surface area contributed by atoms with Gasteiger partial charge < -0.3 is 19.7 Å². The average Bonchev–Trinajstić information content (AvgIpc) is 3.23. The fraction of sp³-hybridized carbons (Fsp3) is 0.440. The molecular formula is C25H32N2O4. The maximum Gasteiger partial charge on any atom is 0.253 e. The Hall–Kier alpha value is -3.02. The molecule has 166 valence electrons. The van der Waals surface area contributed by atoms with Crippen LogP contribution in [-0.4, -0.2) is 50.6 Å². The van der Waals surface area contributed by atoms with Crippen molar-refractivity contribution in [3.8, 4) is 11.5 Å². The minimum Gasteiger partial charge on any atom is -0.497 e. The van der Waals surface area contributed by atoms with Gasteiger partial charge in [-0.3, -0.25) is 9.59 Å². The summed E-state index contributed by atoms with van der Waals surface area (Å²) in [6, 6.07) is 14.8. The van der Waals surface area contributed by atoms with E-state index in [1.165, 1.54) is 0 Å². The van der Waals surface area contributed by atoms with E-state index in [1.54, 1.807) is 31.3 Å². The molecule has 0 aromatic heterocycles. The molecule has 0 unspecified atom stereocenters. The van der Waals surface area contributed by atoms with Crippen molar-refractivity contribution in [2.75, 3.05) is 33.9 Å². The third-order valence-electron chi connectivity index (χ3n) is 5.83. The first-order valence-electron chi connectivity index (χ1n) is 10.8. The fourth-order valence-electron chi connectivity index (χ4n) is 4.05. The SMILES string of the molecule is COc1ccc([C@@H]2CN(C(=O)c3ccccc3)C[C@@H]2C(=O)NCCC(C)C)c(OC)c1. The summed E-state index contributed by atoms with van der Waals surface area (Å²) in [4.78, 5) is 28.0. The highest BCUT2D eigenvalue weighted by Crippen LogP contribution is 2.39. The maximum absolute atomic E-state index is 13.1. The monoisotopic (exact) mass is 424 g/mol. The van der Waals surface area contributed by atoms with Gasteiger partial charge in [0.25, 0.3) is 5.91 Å². The first-order valence-corrected chi connectivity index (χ1v) is 10.8. The summed E-state index contributed by atoms with van der Waals surface area (Å²) in [6.45, 7) is 5.73. The van der Waals surface area contributed by atoms with Gasteiger partial charge in [-0.25, -0.2) is 0 Å². The van der Waals surface area contributed by atoms with Crippen molar-refractivity contribution in [2.45, 2.75) is 26.2 Å². The number of likely N-dealkylation sites (tertiary alicyclic amines) is 1. The largest absolute Gasteiger partial charge is 0.497 e. The number of amides is 2. The topological polar surface area (TPSA) is 67.9 Å². The lowest BCUT2D eigenvalue weighted by Crippen LogP contribution is -2.36. The van der Waals surface area contributed by atoms with Crippen LogP contribution in [0.2, 0.25) is 0 Å². The number of ether oxygens (including phenoxy) is 2. The molecule has 0 aliphatic carbocycles. The van der Waals surface area contributed by atoms with E-state index < -0.39 is 0 Å². The van der Waals surface area contributed by atoms with Crippen molar-refractivity contribution in [1.29, 1.82) is 0 Å². The Kier molecular flexibility index (Phi) is 7.55. The molecule has 1 N–H and O–H groups in total. The van der Waals surface area contributed by atoms with Gasteiger partial charge in [0, 0.05) is 42.7 Å². The molecule has 3 rings (SSSR count). The van der Waals surface area contributed by atoms with E-state index in [0.29, 0.717) is 42.6 Å². The molecule has 31 heavy (non-hydrogen) atoms. The molecule has 1 fully saturated rings. The molecule has 1 heterocycles. The van der Waals surface area contributed by atoms with Crippen LogP contribution in [0.3, 0.4) is 0 Å². The third kappa shape index (κ3) is 5.37. The number of nitrogens with zero attached hydrogens (tertiary/aromatic N) is 1. The van der Waals surface area contributed by atoms with E-state index in [9.17, 15) is 9.59 Å². The highest BCUT2D eigenvalue weighted by Gasteiger charge is 2.41.